The van der Waals surface area contributed by atoms with Crippen molar-refractivity contribution >= 4 is 5.90 Å². The van der Waals surface area contributed by atoms with Crippen molar-refractivity contribution < 1.29 is 9.47 Å². The molecule has 3 nitrogen and oxygen atoms in total. The minimum Gasteiger partial charge on any atom is -0.496 e. The Morgan fingerprint density at radius 2 is 2.29 bits per heavy atom. The fourth-order valence-electron chi connectivity index (χ4n) is 2.53. The summed E-state index contributed by atoms with van der Waals surface area (Å²) < 4.78 is 10.7. The maximum atomic E-state index is 7.98. The van der Waals surface area contributed by atoms with Gasteiger partial charge in [0.05, 0.1) is 19.6 Å². The normalized spacial score (nSPS) is 18.4. The number of methoxy groups -OCH3 is 1. The minimum atomic E-state index is 0.105. The Morgan fingerprint density at radius 3 is 3.00 bits per heavy atom. The van der Waals surface area contributed by atoms with Crippen LogP contribution in [-0.2, 0) is 11.2 Å². The second-order valence-corrected chi connectivity index (χ2v) is 4.27. The van der Waals surface area contributed by atoms with E-state index in [1.54, 1.807) is 7.11 Å². The molecule has 1 aliphatic carbocycles. The molecule has 0 aromatic heterocycles. The highest BCUT2D eigenvalue weighted by Crippen LogP contribution is 2.37. The molecule has 0 spiro atoms. The van der Waals surface area contributed by atoms with E-state index in [2.05, 4.69) is 6.07 Å². The SMILES string of the molecule is CCOC(=N)C1CCCc2c(OC)cccc21. The van der Waals surface area contributed by atoms with Gasteiger partial charge in [-0.2, -0.15) is 0 Å². The Morgan fingerprint density at radius 1 is 1.47 bits per heavy atom. The van der Waals surface area contributed by atoms with Crippen molar-refractivity contribution in [1.82, 2.24) is 0 Å². The van der Waals surface area contributed by atoms with Crippen LogP contribution in [0.4, 0.5) is 0 Å². The second kappa shape index (κ2) is 5.21. The Kier molecular flexibility index (Phi) is 3.67. The van der Waals surface area contributed by atoms with E-state index >= 15 is 0 Å². The molecule has 92 valence electrons. The Balaban J connectivity index is 2.34. The number of benzene rings is 1. The Hall–Kier alpha value is -1.51. The van der Waals surface area contributed by atoms with E-state index in [9.17, 15) is 0 Å². The summed E-state index contributed by atoms with van der Waals surface area (Å²) in [6, 6.07) is 6.08. The number of ether oxygens (including phenoxy) is 2. The highest BCUT2D eigenvalue weighted by atomic mass is 16.5. The van der Waals surface area contributed by atoms with Crippen molar-refractivity contribution in [3.63, 3.8) is 0 Å². The first-order valence-corrected chi connectivity index (χ1v) is 6.15. The van der Waals surface area contributed by atoms with E-state index in [1.807, 2.05) is 19.1 Å². The van der Waals surface area contributed by atoms with Gasteiger partial charge in [0.25, 0.3) is 0 Å². The lowest BCUT2D eigenvalue weighted by atomic mass is 9.82. The van der Waals surface area contributed by atoms with Crippen molar-refractivity contribution in [2.75, 3.05) is 13.7 Å². The van der Waals surface area contributed by atoms with Crippen LogP contribution in [0.1, 0.15) is 36.8 Å². The van der Waals surface area contributed by atoms with Gasteiger partial charge in [-0.3, -0.25) is 5.41 Å². The van der Waals surface area contributed by atoms with Gasteiger partial charge in [-0.1, -0.05) is 12.1 Å². The summed E-state index contributed by atoms with van der Waals surface area (Å²) in [5.74, 6) is 1.44. The topological polar surface area (TPSA) is 42.3 Å². The zero-order valence-corrected chi connectivity index (χ0v) is 10.5. The van der Waals surface area contributed by atoms with E-state index < -0.39 is 0 Å². The Bertz CT molecular complexity index is 415. The van der Waals surface area contributed by atoms with E-state index in [0.717, 1.165) is 25.0 Å². The molecule has 2 rings (SSSR count). The van der Waals surface area contributed by atoms with E-state index in [4.69, 9.17) is 14.9 Å². The van der Waals surface area contributed by atoms with Crippen LogP contribution in [0.15, 0.2) is 18.2 Å². The molecule has 0 fully saturated rings. The summed E-state index contributed by atoms with van der Waals surface area (Å²) in [7, 11) is 1.70. The molecule has 0 radical (unpaired) electrons. The van der Waals surface area contributed by atoms with Crippen LogP contribution in [0.2, 0.25) is 0 Å². The summed E-state index contributed by atoms with van der Waals surface area (Å²) in [6.07, 6.45) is 3.13. The van der Waals surface area contributed by atoms with Crippen molar-refractivity contribution in [2.24, 2.45) is 0 Å². The van der Waals surface area contributed by atoms with Gasteiger partial charge in [0, 0.05) is 0 Å². The van der Waals surface area contributed by atoms with Gasteiger partial charge in [0.1, 0.15) is 5.75 Å². The molecule has 0 amide bonds. The molecule has 1 atom stereocenters. The average Bonchev–Trinajstić information content (AvgIpc) is 2.37. The molecule has 0 heterocycles. The van der Waals surface area contributed by atoms with Crippen LogP contribution >= 0.6 is 0 Å². The summed E-state index contributed by atoms with van der Waals surface area (Å²) >= 11 is 0. The first-order chi connectivity index (χ1) is 8.27. The van der Waals surface area contributed by atoms with Gasteiger partial charge in [0.15, 0.2) is 5.90 Å². The molecule has 17 heavy (non-hydrogen) atoms. The number of fused-ring (bicyclic) bond motifs is 1. The largest absolute Gasteiger partial charge is 0.496 e. The molecule has 1 aliphatic rings. The smallest absolute Gasteiger partial charge is 0.188 e. The van der Waals surface area contributed by atoms with Crippen molar-refractivity contribution in [1.29, 1.82) is 5.41 Å². The first kappa shape index (κ1) is 12.0. The minimum absolute atomic E-state index is 0.105. The number of hydrogen-bond acceptors (Lipinski definition) is 3. The number of nitrogens with one attached hydrogen (secondary N) is 1. The third-order valence-corrected chi connectivity index (χ3v) is 3.30. The first-order valence-electron chi connectivity index (χ1n) is 6.15. The summed E-state index contributed by atoms with van der Waals surface area (Å²) in [5.41, 5.74) is 2.45. The zero-order chi connectivity index (χ0) is 12.3. The van der Waals surface area contributed by atoms with Crippen molar-refractivity contribution in [2.45, 2.75) is 32.1 Å². The monoisotopic (exact) mass is 233 g/mol. The average molecular weight is 233 g/mol. The molecule has 0 bridgehead atoms. The fraction of sp³-hybridized carbons (Fsp3) is 0.500. The van der Waals surface area contributed by atoms with Crippen LogP contribution in [0.3, 0.4) is 0 Å². The van der Waals surface area contributed by atoms with Gasteiger partial charge < -0.3 is 9.47 Å². The highest BCUT2D eigenvalue weighted by molar-refractivity contribution is 5.82. The molecule has 0 saturated carbocycles. The molecule has 0 saturated heterocycles. The van der Waals surface area contributed by atoms with Gasteiger partial charge >= 0.3 is 0 Å². The lowest BCUT2D eigenvalue weighted by Gasteiger charge is -2.26. The van der Waals surface area contributed by atoms with Gasteiger partial charge in [-0.25, -0.2) is 0 Å². The van der Waals surface area contributed by atoms with Crippen molar-refractivity contribution in [3.8, 4) is 5.75 Å². The molecule has 1 aromatic carbocycles. The molecule has 1 N–H and O–H groups in total. The van der Waals surface area contributed by atoms with Crippen molar-refractivity contribution in [3.05, 3.63) is 29.3 Å². The summed E-state index contributed by atoms with van der Waals surface area (Å²) in [4.78, 5) is 0. The molecule has 3 heteroatoms. The van der Waals surface area contributed by atoms with Gasteiger partial charge in [-0.15, -0.1) is 0 Å². The van der Waals surface area contributed by atoms with Gasteiger partial charge in [0.2, 0.25) is 0 Å². The molecule has 1 aromatic rings. The third-order valence-electron chi connectivity index (χ3n) is 3.30. The fourth-order valence-corrected chi connectivity index (χ4v) is 2.53. The number of rotatable bonds is 3. The molecule has 0 aliphatic heterocycles. The lowest BCUT2D eigenvalue weighted by molar-refractivity contribution is 0.303. The maximum Gasteiger partial charge on any atom is 0.188 e. The molecular weight excluding hydrogens is 214 g/mol. The molecule has 1 unspecified atom stereocenters. The predicted molar refractivity (Wildman–Crippen MR) is 68.0 cm³/mol. The standard InChI is InChI=1S/C14H19NO2/c1-3-17-14(15)12-8-4-7-11-10(12)6-5-9-13(11)16-2/h5-6,9,12,15H,3-4,7-8H2,1-2H3. The lowest BCUT2D eigenvalue weighted by Crippen LogP contribution is -2.20. The summed E-state index contributed by atoms with van der Waals surface area (Å²) in [6.45, 7) is 2.48. The third kappa shape index (κ3) is 2.28. The van der Waals surface area contributed by atoms with Gasteiger partial charge in [-0.05, 0) is 43.4 Å². The van der Waals surface area contributed by atoms with E-state index in [0.29, 0.717) is 12.5 Å². The van der Waals surface area contributed by atoms with E-state index in [1.165, 1.54) is 11.1 Å². The van der Waals surface area contributed by atoms with Crippen LogP contribution in [0, 0.1) is 5.41 Å². The van der Waals surface area contributed by atoms with Crippen LogP contribution in [0.5, 0.6) is 5.75 Å². The highest BCUT2D eigenvalue weighted by Gasteiger charge is 2.26. The van der Waals surface area contributed by atoms with Crippen LogP contribution in [0.25, 0.3) is 0 Å². The maximum absolute atomic E-state index is 7.98. The van der Waals surface area contributed by atoms with E-state index in [-0.39, 0.29) is 5.92 Å². The predicted octanol–water partition coefficient (Wildman–Crippen LogP) is 3.13. The van der Waals surface area contributed by atoms with Crippen LogP contribution in [-0.4, -0.2) is 19.6 Å². The number of hydrogen-bond donors (Lipinski definition) is 1. The molecular formula is C14H19NO2. The van der Waals surface area contributed by atoms with Crippen LogP contribution < -0.4 is 4.74 Å². The summed E-state index contributed by atoms with van der Waals surface area (Å²) in [5, 5.41) is 7.98. The second-order valence-electron chi connectivity index (χ2n) is 4.27. The zero-order valence-electron chi connectivity index (χ0n) is 10.5. The Labute approximate surface area is 102 Å². The quantitative estimate of drug-likeness (QED) is 0.643.